The number of hydrogen-bond acceptors (Lipinski definition) is 5. The first-order chi connectivity index (χ1) is 12.0. The van der Waals surface area contributed by atoms with Gasteiger partial charge in [0, 0.05) is 0 Å². The molecule has 3 heterocycles. The Kier molecular flexibility index (Phi) is 3.76. The van der Waals surface area contributed by atoms with Crippen LogP contribution in [0.5, 0.6) is 5.75 Å². The van der Waals surface area contributed by atoms with Crippen LogP contribution in [0, 0.1) is 18.8 Å². The van der Waals surface area contributed by atoms with E-state index in [1.54, 1.807) is 13.0 Å². The van der Waals surface area contributed by atoms with E-state index < -0.39 is 23.8 Å². The van der Waals surface area contributed by atoms with Crippen molar-refractivity contribution in [2.24, 2.45) is 11.8 Å². The third-order valence-corrected chi connectivity index (χ3v) is 5.18. The van der Waals surface area contributed by atoms with Crippen molar-refractivity contribution in [2.45, 2.75) is 45.0 Å². The molecule has 132 valence electrons. The number of benzene rings is 1. The highest BCUT2D eigenvalue weighted by Gasteiger charge is 2.63. The quantitative estimate of drug-likeness (QED) is 0.822. The lowest BCUT2D eigenvalue weighted by Crippen LogP contribution is -2.51. The van der Waals surface area contributed by atoms with Gasteiger partial charge in [0.05, 0.1) is 24.0 Å². The first kappa shape index (κ1) is 16.1. The summed E-state index contributed by atoms with van der Waals surface area (Å²) >= 11 is 0. The van der Waals surface area contributed by atoms with E-state index in [2.05, 4.69) is 5.43 Å². The topological polar surface area (TPSA) is 84.9 Å². The average Bonchev–Trinajstić information content (AvgIpc) is 3.24. The zero-order valence-corrected chi connectivity index (χ0v) is 14.1. The molecule has 25 heavy (non-hydrogen) atoms. The molecular weight excluding hydrogens is 324 g/mol. The van der Waals surface area contributed by atoms with Gasteiger partial charge in [-0.15, -0.1) is 0 Å². The van der Waals surface area contributed by atoms with Crippen LogP contribution in [0.4, 0.5) is 0 Å². The zero-order valence-electron chi connectivity index (χ0n) is 14.1. The first-order valence-corrected chi connectivity index (χ1v) is 8.53. The molecule has 7 heteroatoms. The first-order valence-electron chi connectivity index (χ1n) is 8.53. The fraction of sp³-hybridized carbons (Fsp3) is 0.500. The fourth-order valence-electron chi connectivity index (χ4n) is 3.97. The van der Waals surface area contributed by atoms with Gasteiger partial charge in [0.1, 0.15) is 5.75 Å². The van der Waals surface area contributed by atoms with Crippen molar-refractivity contribution < 1.29 is 23.9 Å². The van der Waals surface area contributed by atoms with Gasteiger partial charge in [0.25, 0.3) is 17.7 Å². The van der Waals surface area contributed by atoms with Crippen LogP contribution in [-0.2, 0) is 19.1 Å². The molecule has 4 rings (SSSR count). The Morgan fingerprint density at radius 2 is 1.88 bits per heavy atom. The third kappa shape index (κ3) is 2.59. The van der Waals surface area contributed by atoms with Crippen LogP contribution in [0.1, 0.15) is 25.3 Å². The number of fused-ring (bicyclic) bond motifs is 5. The van der Waals surface area contributed by atoms with Gasteiger partial charge in [-0.05, 0) is 44.4 Å². The summed E-state index contributed by atoms with van der Waals surface area (Å²) in [6, 6.07) is 7.33. The maximum absolute atomic E-state index is 12.5. The molecule has 5 atom stereocenters. The second kappa shape index (κ2) is 5.84. The second-order valence-electron chi connectivity index (χ2n) is 6.91. The largest absolute Gasteiger partial charge is 0.481 e. The van der Waals surface area contributed by atoms with Crippen LogP contribution in [0.25, 0.3) is 0 Å². The van der Waals surface area contributed by atoms with Crippen LogP contribution in [0.2, 0.25) is 0 Å². The Bertz CT molecular complexity index is 721. The average molecular weight is 344 g/mol. The maximum atomic E-state index is 12.5. The molecule has 0 saturated carbocycles. The van der Waals surface area contributed by atoms with Gasteiger partial charge < -0.3 is 9.47 Å². The van der Waals surface area contributed by atoms with E-state index in [1.165, 1.54) is 0 Å². The molecule has 0 spiro atoms. The highest BCUT2D eigenvalue weighted by molar-refractivity contribution is 6.07. The minimum atomic E-state index is -0.837. The second-order valence-corrected chi connectivity index (χ2v) is 6.91. The summed E-state index contributed by atoms with van der Waals surface area (Å²) in [6.45, 7) is 3.50. The number of hydrogen-bond donors (Lipinski definition) is 1. The predicted octanol–water partition coefficient (Wildman–Crippen LogP) is 0.956. The van der Waals surface area contributed by atoms with Gasteiger partial charge in [0.2, 0.25) is 0 Å². The number of hydrazine groups is 1. The summed E-state index contributed by atoms with van der Waals surface area (Å²) in [6.07, 6.45) is 0.346. The van der Waals surface area contributed by atoms with Crippen LogP contribution in [0.3, 0.4) is 0 Å². The highest BCUT2D eigenvalue weighted by Crippen LogP contribution is 2.48. The number of amides is 3. The van der Waals surface area contributed by atoms with Crippen molar-refractivity contribution >= 4 is 17.7 Å². The van der Waals surface area contributed by atoms with Crippen LogP contribution in [-0.4, -0.2) is 41.0 Å². The van der Waals surface area contributed by atoms with Crippen molar-refractivity contribution in [2.75, 3.05) is 0 Å². The zero-order chi connectivity index (χ0) is 17.7. The van der Waals surface area contributed by atoms with Crippen LogP contribution < -0.4 is 10.2 Å². The number of carbonyl (C=O) groups is 3. The fourth-order valence-corrected chi connectivity index (χ4v) is 3.97. The standard InChI is InChI=1S/C18H20N2O5/c1-9-4-3-5-11(8-9)24-10(2)16(21)19-20-17(22)14-12-6-7-13(25-12)15(14)18(20)23/h3-5,8,10,12-15H,6-7H2,1-2H3,(H,19,21)/t10-,12-,13+,14-,15-/m0/s1. The Morgan fingerprint density at radius 3 is 2.48 bits per heavy atom. The lowest BCUT2D eigenvalue weighted by Gasteiger charge is -2.21. The summed E-state index contributed by atoms with van der Waals surface area (Å²) in [5.41, 5.74) is 3.44. The van der Waals surface area contributed by atoms with Crippen LogP contribution >= 0.6 is 0 Å². The number of nitrogens with one attached hydrogen (secondary N) is 1. The summed E-state index contributed by atoms with van der Waals surface area (Å²) < 4.78 is 11.3. The van der Waals surface area contributed by atoms with Gasteiger partial charge in [-0.1, -0.05) is 12.1 Å². The van der Waals surface area contributed by atoms with Crippen molar-refractivity contribution in [3.63, 3.8) is 0 Å². The van der Waals surface area contributed by atoms with Crippen molar-refractivity contribution in [1.82, 2.24) is 10.4 Å². The van der Waals surface area contributed by atoms with E-state index in [0.29, 0.717) is 5.75 Å². The van der Waals surface area contributed by atoms with E-state index in [9.17, 15) is 14.4 Å². The van der Waals surface area contributed by atoms with E-state index >= 15 is 0 Å². The van der Waals surface area contributed by atoms with E-state index in [-0.39, 0.29) is 24.0 Å². The van der Waals surface area contributed by atoms with Gasteiger partial charge in [-0.25, -0.2) is 0 Å². The maximum Gasteiger partial charge on any atom is 0.279 e. The van der Waals surface area contributed by atoms with Crippen molar-refractivity contribution in [3.8, 4) is 5.75 Å². The lowest BCUT2D eigenvalue weighted by molar-refractivity contribution is -0.153. The molecule has 3 amide bonds. The Hall–Kier alpha value is -2.41. The lowest BCUT2D eigenvalue weighted by atomic mass is 9.81. The summed E-state index contributed by atoms with van der Waals surface area (Å²) in [7, 11) is 0. The molecule has 3 saturated heterocycles. The summed E-state index contributed by atoms with van der Waals surface area (Å²) in [5.74, 6) is -1.64. The number of ether oxygens (including phenoxy) is 2. The molecule has 0 unspecified atom stereocenters. The summed E-state index contributed by atoms with van der Waals surface area (Å²) in [4.78, 5) is 37.4. The Morgan fingerprint density at radius 1 is 1.24 bits per heavy atom. The predicted molar refractivity (Wildman–Crippen MR) is 86.1 cm³/mol. The Labute approximate surface area is 145 Å². The molecule has 1 N–H and O–H groups in total. The molecular formula is C18H20N2O5. The molecule has 3 fully saturated rings. The molecule has 0 radical (unpaired) electrons. The Balaban J connectivity index is 1.42. The number of aryl methyl sites for hydroxylation is 1. The number of nitrogens with zero attached hydrogens (tertiary/aromatic N) is 1. The van der Waals surface area contributed by atoms with E-state index in [0.717, 1.165) is 23.4 Å². The number of imide groups is 1. The minimum Gasteiger partial charge on any atom is -0.481 e. The minimum absolute atomic E-state index is 0.200. The van der Waals surface area contributed by atoms with Gasteiger partial charge >= 0.3 is 0 Å². The smallest absolute Gasteiger partial charge is 0.279 e. The molecule has 2 bridgehead atoms. The SMILES string of the molecule is Cc1cccc(O[C@@H](C)C(=O)NN2C(=O)[C@@H]3[C@@H](C2=O)[C@H]2CC[C@@H]3O2)c1. The third-order valence-electron chi connectivity index (χ3n) is 5.18. The highest BCUT2D eigenvalue weighted by atomic mass is 16.5. The summed E-state index contributed by atoms with van der Waals surface area (Å²) in [5, 5.41) is 0.863. The van der Waals surface area contributed by atoms with E-state index in [1.807, 2.05) is 25.1 Å². The molecule has 0 aliphatic carbocycles. The van der Waals surface area contributed by atoms with Crippen molar-refractivity contribution in [3.05, 3.63) is 29.8 Å². The van der Waals surface area contributed by atoms with Crippen LogP contribution in [0.15, 0.2) is 24.3 Å². The molecule has 3 aliphatic rings. The normalized spacial score (nSPS) is 31.2. The van der Waals surface area contributed by atoms with Gasteiger partial charge in [0.15, 0.2) is 6.10 Å². The number of carbonyl (C=O) groups excluding carboxylic acids is 3. The molecule has 1 aromatic carbocycles. The van der Waals surface area contributed by atoms with Gasteiger partial charge in [-0.3, -0.25) is 19.8 Å². The molecule has 3 aliphatic heterocycles. The van der Waals surface area contributed by atoms with Crippen molar-refractivity contribution in [1.29, 1.82) is 0 Å². The van der Waals surface area contributed by atoms with E-state index in [4.69, 9.17) is 9.47 Å². The van der Waals surface area contributed by atoms with Gasteiger partial charge in [-0.2, -0.15) is 5.01 Å². The molecule has 7 nitrogen and oxygen atoms in total. The number of rotatable bonds is 4. The molecule has 1 aromatic rings. The monoisotopic (exact) mass is 344 g/mol. The molecule has 0 aromatic heterocycles.